The number of para-hydroxylation sites is 4. The van der Waals surface area contributed by atoms with Crippen LogP contribution >= 0.6 is 0 Å². The molecule has 4 saturated carbocycles. The molecule has 0 spiro atoms. The van der Waals surface area contributed by atoms with Crippen LogP contribution in [0.3, 0.4) is 0 Å². The van der Waals surface area contributed by atoms with E-state index in [9.17, 15) is 0 Å². The van der Waals surface area contributed by atoms with Gasteiger partial charge in [-0.15, -0.1) is 0 Å². The molecule has 0 radical (unpaired) electrons. The van der Waals surface area contributed by atoms with Crippen LogP contribution in [0, 0.1) is 36.5 Å². The van der Waals surface area contributed by atoms with Crippen molar-refractivity contribution >= 4 is 45.5 Å². The Balaban J connectivity index is 0.000000126. The number of nitrogens with zero attached hydrogens (tertiary/aromatic N) is 4. The van der Waals surface area contributed by atoms with Crippen LogP contribution < -0.4 is 38.5 Å². The summed E-state index contributed by atoms with van der Waals surface area (Å²) in [6.07, 6.45) is 10.8. The molecule has 4 aliphatic heterocycles. The van der Waals surface area contributed by atoms with Crippen molar-refractivity contribution in [2.24, 2.45) is 29.6 Å². The van der Waals surface area contributed by atoms with Gasteiger partial charge in [0.2, 0.25) is 0 Å². The van der Waals surface area contributed by atoms with Gasteiger partial charge in [-0.25, -0.2) is 0 Å². The molecule has 0 atom stereocenters. The first-order valence-corrected chi connectivity index (χ1v) is 33.8. The van der Waals surface area contributed by atoms with Crippen LogP contribution in [-0.2, 0) is 34.5 Å². The summed E-state index contributed by atoms with van der Waals surface area (Å²) < 4.78 is 25.1. The number of hydrogen-bond donors (Lipinski definition) is 0. The molecule has 0 unspecified atom stereocenters. The summed E-state index contributed by atoms with van der Waals surface area (Å²) in [7, 11) is 8.49. The summed E-state index contributed by atoms with van der Waals surface area (Å²) in [6.45, 7) is 31.2. The molecule has 16 rings (SSSR count). The fourth-order valence-electron chi connectivity index (χ4n) is 15.7. The van der Waals surface area contributed by atoms with Gasteiger partial charge in [0.15, 0.2) is 46.0 Å². The van der Waals surface area contributed by atoms with Gasteiger partial charge < -0.3 is 38.5 Å². The number of benzene rings is 8. The maximum atomic E-state index is 6.39. The molecular formula is C84H104N4O4. The van der Waals surface area contributed by atoms with Crippen molar-refractivity contribution in [3.63, 3.8) is 0 Å². The lowest BCUT2D eigenvalue weighted by Crippen LogP contribution is -2.48. The Morgan fingerprint density at radius 2 is 0.772 bits per heavy atom. The SMILES string of the molecule is C.CC(C)Cc1cccc2c1Oc1cccc(CC(C)C)c1N2C.CN1c2ccc(C(C)(C)C)cc2Oc2cc(C(C)(C)C)ccc21.CN1c2ccccc2Oc2cc(C(C)(C)C)ccc21.Cc1ccc2c(c1)Oc1cc(C34CC5CC(CC(C5)C3)C4)ccc1N2C. The van der Waals surface area contributed by atoms with E-state index in [0.29, 0.717) is 17.3 Å². The third-order valence-electron chi connectivity index (χ3n) is 20.2. The second-order valence-corrected chi connectivity index (χ2v) is 31.5. The minimum atomic E-state index is 0. The molecule has 92 heavy (non-hydrogen) atoms. The Kier molecular flexibility index (Phi) is 18.0. The molecule has 8 aromatic carbocycles. The Bertz CT molecular complexity index is 3900. The van der Waals surface area contributed by atoms with Gasteiger partial charge in [0.05, 0.1) is 45.5 Å². The van der Waals surface area contributed by atoms with E-state index in [4.69, 9.17) is 18.9 Å². The van der Waals surface area contributed by atoms with E-state index < -0.39 is 0 Å². The standard InChI is InChI=1S/C24H27NO.2C21H27NO.C17H19NO.CH4/c1-15-3-5-20-22(7-15)26-23-11-19(4-6-21(23)25(20)2)24-12-16-8-17(13-24)10-18(9-16)14-24;1-20(2,3)14-8-10-16-18(12-14)23-19-13-15(21(4,5)6)9-11-17(19)22(16)7;1-14(2)12-16-8-7-11-19-20(16)22(5)18-10-6-9-17(13-15(3)4)21(18)23-19;1-17(2,3)12-9-10-14-16(11-12)19-15-8-6-5-7-13(15)18(14)4;/h3-7,11,16-18H,8-10,12-14H2,1-2H3;8-13H,1-7H3;6-11,14-15H,12-13H2,1-5H3;5-11H,1-4H3;1H4. The summed E-state index contributed by atoms with van der Waals surface area (Å²) in [5, 5.41) is 0. The molecule has 484 valence electrons. The van der Waals surface area contributed by atoms with E-state index >= 15 is 0 Å². The van der Waals surface area contributed by atoms with Crippen molar-refractivity contribution in [2.75, 3.05) is 47.8 Å². The summed E-state index contributed by atoms with van der Waals surface area (Å²) in [5.41, 5.74) is 19.3. The summed E-state index contributed by atoms with van der Waals surface area (Å²) >= 11 is 0. The molecule has 0 N–H and O–H groups in total. The minimum absolute atomic E-state index is 0. The zero-order valence-electron chi connectivity index (χ0n) is 57.9. The second-order valence-electron chi connectivity index (χ2n) is 31.5. The van der Waals surface area contributed by atoms with E-state index in [2.05, 4.69) is 278 Å². The minimum Gasteiger partial charge on any atom is -0.453 e. The van der Waals surface area contributed by atoms with Gasteiger partial charge in [-0.3, -0.25) is 0 Å². The number of ether oxygens (including phenoxy) is 4. The van der Waals surface area contributed by atoms with Crippen LogP contribution in [0.2, 0.25) is 0 Å². The summed E-state index contributed by atoms with van der Waals surface area (Å²) in [4.78, 5) is 8.97. The highest BCUT2D eigenvalue weighted by Gasteiger charge is 2.52. The Hall–Kier alpha value is -7.84. The lowest BCUT2D eigenvalue weighted by atomic mass is 9.48. The first-order chi connectivity index (χ1) is 43.1. The quantitative estimate of drug-likeness (QED) is 0.169. The van der Waals surface area contributed by atoms with Crippen molar-refractivity contribution < 1.29 is 18.9 Å². The predicted molar refractivity (Wildman–Crippen MR) is 389 cm³/mol. The zero-order chi connectivity index (χ0) is 64.6. The first kappa shape index (κ1) is 65.6. The molecule has 0 amide bonds. The smallest absolute Gasteiger partial charge is 0.154 e. The van der Waals surface area contributed by atoms with Crippen LogP contribution in [0.1, 0.15) is 175 Å². The van der Waals surface area contributed by atoms with Crippen LogP contribution in [-0.4, -0.2) is 28.2 Å². The van der Waals surface area contributed by atoms with Crippen LogP contribution in [0.15, 0.2) is 152 Å². The molecule has 4 aliphatic carbocycles. The molecular weight excluding hydrogens is 1130 g/mol. The molecule has 4 bridgehead atoms. The van der Waals surface area contributed by atoms with Crippen molar-refractivity contribution in [1.82, 2.24) is 0 Å². The Morgan fingerprint density at radius 1 is 0.391 bits per heavy atom. The molecule has 4 heterocycles. The average molecular weight is 1230 g/mol. The molecule has 0 saturated heterocycles. The highest BCUT2D eigenvalue weighted by molar-refractivity contribution is 5.83. The second kappa shape index (κ2) is 25.2. The van der Waals surface area contributed by atoms with Crippen LogP contribution in [0.4, 0.5) is 45.5 Å². The topological polar surface area (TPSA) is 49.9 Å². The van der Waals surface area contributed by atoms with Crippen LogP contribution in [0.5, 0.6) is 46.0 Å². The third kappa shape index (κ3) is 13.1. The molecule has 8 heteroatoms. The number of anilines is 8. The summed E-state index contributed by atoms with van der Waals surface area (Å²) in [6, 6.07) is 54.2. The molecule has 4 fully saturated rings. The first-order valence-electron chi connectivity index (χ1n) is 33.8. The van der Waals surface area contributed by atoms with Gasteiger partial charge >= 0.3 is 0 Å². The lowest BCUT2D eigenvalue weighted by Gasteiger charge is -2.57. The zero-order valence-corrected chi connectivity index (χ0v) is 57.9. The van der Waals surface area contributed by atoms with Crippen molar-refractivity contribution in [2.45, 2.75) is 177 Å². The highest BCUT2D eigenvalue weighted by atomic mass is 16.5. The molecule has 8 aromatic rings. The number of aryl methyl sites for hydroxylation is 1. The van der Waals surface area contributed by atoms with E-state index in [0.717, 1.165) is 105 Å². The third-order valence-corrected chi connectivity index (χ3v) is 20.2. The van der Waals surface area contributed by atoms with Gasteiger partial charge in [0, 0.05) is 28.2 Å². The van der Waals surface area contributed by atoms with E-state index in [1.165, 1.54) is 89.0 Å². The van der Waals surface area contributed by atoms with Crippen molar-refractivity contribution in [3.05, 3.63) is 191 Å². The van der Waals surface area contributed by atoms with Crippen LogP contribution in [0.25, 0.3) is 0 Å². The van der Waals surface area contributed by atoms with Gasteiger partial charge in [-0.1, -0.05) is 164 Å². The maximum absolute atomic E-state index is 6.39. The van der Waals surface area contributed by atoms with Gasteiger partial charge in [0.25, 0.3) is 0 Å². The Labute approximate surface area is 552 Å². The number of fused-ring (bicyclic) bond motifs is 8. The lowest BCUT2D eigenvalue weighted by molar-refractivity contribution is -0.00525. The fraction of sp³-hybridized carbons (Fsp3) is 0.429. The maximum Gasteiger partial charge on any atom is 0.154 e. The molecule has 0 aromatic heterocycles. The van der Waals surface area contributed by atoms with Crippen molar-refractivity contribution in [3.8, 4) is 46.0 Å². The average Bonchev–Trinajstić information content (AvgIpc) is 0.747. The Morgan fingerprint density at radius 3 is 1.26 bits per heavy atom. The van der Waals surface area contributed by atoms with E-state index in [1.807, 2.05) is 18.2 Å². The normalized spacial score (nSPS) is 19.1. The van der Waals surface area contributed by atoms with E-state index in [-0.39, 0.29) is 23.7 Å². The predicted octanol–water partition coefficient (Wildman–Crippen LogP) is 23.9. The molecule has 8 aliphatic rings. The van der Waals surface area contributed by atoms with Gasteiger partial charge in [-0.05, 0) is 233 Å². The van der Waals surface area contributed by atoms with Gasteiger partial charge in [0.1, 0.15) is 0 Å². The summed E-state index contributed by atoms with van der Waals surface area (Å²) in [5.74, 6) is 12.0. The highest BCUT2D eigenvalue weighted by Crippen LogP contribution is 2.62. The number of hydrogen-bond acceptors (Lipinski definition) is 8. The number of rotatable bonds is 5. The fourth-order valence-corrected chi connectivity index (χ4v) is 15.7. The molecule has 8 nitrogen and oxygen atoms in total. The largest absolute Gasteiger partial charge is 0.453 e. The monoisotopic (exact) mass is 1230 g/mol. The van der Waals surface area contributed by atoms with Crippen molar-refractivity contribution in [1.29, 1.82) is 0 Å². The van der Waals surface area contributed by atoms with E-state index in [1.54, 1.807) is 5.56 Å². The van der Waals surface area contributed by atoms with Gasteiger partial charge in [-0.2, -0.15) is 0 Å².